The lowest BCUT2D eigenvalue weighted by molar-refractivity contribution is 0.213. The molecule has 0 aromatic heterocycles. The van der Waals surface area contributed by atoms with Gasteiger partial charge in [-0.3, -0.25) is 9.42 Å². The normalized spacial score (nSPS) is 21.3. The Morgan fingerprint density at radius 3 is 2.83 bits per heavy atom. The van der Waals surface area contributed by atoms with Crippen molar-refractivity contribution in [2.75, 3.05) is 7.11 Å². The lowest BCUT2D eigenvalue weighted by Gasteiger charge is -2.12. The highest BCUT2D eigenvalue weighted by atomic mass is 31.2. The molecule has 0 spiro atoms. The second-order valence-corrected chi connectivity index (χ2v) is 3.81. The van der Waals surface area contributed by atoms with Gasteiger partial charge in [0.25, 0.3) is 0 Å². The standard InChI is InChI=1S/C7H11O4P/c1-10-12(8,9)11-7-5-3-2-4-6-7/h3,5-6H,2,4H2,1H3,(H,8,9). The number of phosphoric acid groups is 1. The van der Waals surface area contributed by atoms with E-state index in [-0.39, 0.29) is 0 Å². The highest BCUT2D eigenvalue weighted by molar-refractivity contribution is 7.47. The van der Waals surface area contributed by atoms with Crippen molar-refractivity contribution in [2.45, 2.75) is 12.8 Å². The first-order valence-electron chi connectivity index (χ1n) is 3.59. The van der Waals surface area contributed by atoms with Crippen molar-refractivity contribution in [2.24, 2.45) is 0 Å². The zero-order valence-corrected chi connectivity index (χ0v) is 7.66. The van der Waals surface area contributed by atoms with E-state index in [4.69, 9.17) is 9.42 Å². The van der Waals surface area contributed by atoms with Gasteiger partial charge in [-0.2, -0.15) is 0 Å². The molecule has 1 atom stereocenters. The monoisotopic (exact) mass is 190 g/mol. The summed E-state index contributed by atoms with van der Waals surface area (Å²) in [6, 6.07) is 0. The molecule has 1 rings (SSSR count). The predicted molar refractivity (Wildman–Crippen MR) is 44.4 cm³/mol. The quantitative estimate of drug-likeness (QED) is 0.691. The molecule has 0 fully saturated rings. The van der Waals surface area contributed by atoms with Crippen LogP contribution in [0.1, 0.15) is 12.8 Å². The van der Waals surface area contributed by atoms with E-state index in [1.807, 2.05) is 6.08 Å². The van der Waals surface area contributed by atoms with E-state index < -0.39 is 7.82 Å². The van der Waals surface area contributed by atoms with Gasteiger partial charge in [-0.1, -0.05) is 6.08 Å². The molecule has 1 unspecified atom stereocenters. The molecular weight excluding hydrogens is 179 g/mol. The Morgan fingerprint density at radius 2 is 2.33 bits per heavy atom. The molecule has 0 heterocycles. The maximum atomic E-state index is 10.9. The molecule has 68 valence electrons. The Labute approximate surface area is 71.1 Å². The Kier molecular flexibility index (Phi) is 3.09. The average Bonchev–Trinajstić information content (AvgIpc) is 2.06. The first kappa shape index (κ1) is 9.52. The van der Waals surface area contributed by atoms with E-state index in [0.717, 1.165) is 20.0 Å². The van der Waals surface area contributed by atoms with Crippen molar-refractivity contribution in [3.8, 4) is 0 Å². The first-order chi connectivity index (χ1) is 5.64. The van der Waals surface area contributed by atoms with Crippen LogP contribution in [-0.2, 0) is 13.6 Å². The van der Waals surface area contributed by atoms with Gasteiger partial charge in [-0.05, 0) is 25.0 Å². The third-order valence-electron chi connectivity index (χ3n) is 1.41. The molecule has 4 nitrogen and oxygen atoms in total. The molecule has 0 aliphatic heterocycles. The molecule has 0 amide bonds. The minimum Gasteiger partial charge on any atom is -0.405 e. The van der Waals surface area contributed by atoms with Crippen molar-refractivity contribution in [3.05, 3.63) is 24.0 Å². The maximum absolute atomic E-state index is 10.9. The summed E-state index contributed by atoms with van der Waals surface area (Å²) in [4.78, 5) is 8.91. The van der Waals surface area contributed by atoms with E-state index >= 15 is 0 Å². The van der Waals surface area contributed by atoms with Crippen LogP contribution >= 0.6 is 7.82 Å². The summed E-state index contributed by atoms with van der Waals surface area (Å²) in [6.45, 7) is 0. The fourth-order valence-corrected chi connectivity index (χ4v) is 1.30. The van der Waals surface area contributed by atoms with Gasteiger partial charge in [0.15, 0.2) is 0 Å². The lowest BCUT2D eigenvalue weighted by atomic mass is 10.2. The van der Waals surface area contributed by atoms with Gasteiger partial charge >= 0.3 is 7.82 Å². The molecule has 0 radical (unpaired) electrons. The second kappa shape index (κ2) is 3.90. The van der Waals surface area contributed by atoms with Crippen LogP contribution < -0.4 is 0 Å². The van der Waals surface area contributed by atoms with E-state index in [1.54, 1.807) is 12.2 Å². The molecule has 0 bridgehead atoms. The third kappa shape index (κ3) is 2.81. The van der Waals surface area contributed by atoms with E-state index in [1.165, 1.54) is 0 Å². The summed E-state index contributed by atoms with van der Waals surface area (Å²) < 4.78 is 19.8. The molecule has 1 aliphatic rings. The van der Waals surface area contributed by atoms with Gasteiger partial charge in [0.1, 0.15) is 5.76 Å². The lowest BCUT2D eigenvalue weighted by Crippen LogP contribution is -1.92. The van der Waals surface area contributed by atoms with Gasteiger partial charge < -0.3 is 4.52 Å². The topological polar surface area (TPSA) is 55.8 Å². The van der Waals surface area contributed by atoms with Crippen LogP contribution in [0.25, 0.3) is 0 Å². The summed E-state index contributed by atoms with van der Waals surface area (Å²) in [6.07, 6.45) is 7.06. The van der Waals surface area contributed by atoms with Crippen LogP contribution in [0.15, 0.2) is 24.0 Å². The fourth-order valence-electron chi connectivity index (χ4n) is 0.828. The average molecular weight is 190 g/mol. The minimum absolute atomic E-state index is 0.397. The number of phosphoric ester groups is 1. The van der Waals surface area contributed by atoms with Crippen LogP contribution in [-0.4, -0.2) is 12.0 Å². The number of rotatable bonds is 3. The molecule has 0 saturated carbocycles. The van der Waals surface area contributed by atoms with Crippen molar-refractivity contribution in [3.63, 3.8) is 0 Å². The minimum atomic E-state index is -3.86. The van der Waals surface area contributed by atoms with Crippen LogP contribution in [0.5, 0.6) is 0 Å². The molecule has 12 heavy (non-hydrogen) atoms. The van der Waals surface area contributed by atoms with E-state index in [9.17, 15) is 4.57 Å². The Balaban J connectivity index is 2.56. The molecule has 5 heteroatoms. The third-order valence-corrected chi connectivity index (χ3v) is 2.32. The summed E-state index contributed by atoms with van der Waals surface area (Å²) >= 11 is 0. The highest BCUT2D eigenvalue weighted by Crippen LogP contribution is 2.45. The van der Waals surface area contributed by atoms with Crippen LogP contribution in [0, 0.1) is 0 Å². The molecule has 1 N–H and O–H groups in total. The van der Waals surface area contributed by atoms with Gasteiger partial charge in [0.05, 0.1) is 0 Å². The molecule has 1 aliphatic carbocycles. The van der Waals surface area contributed by atoms with Crippen molar-refractivity contribution in [1.82, 2.24) is 0 Å². The van der Waals surface area contributed by atoms with Crippen molar-refractivity contribution >= 4 is 7.82 Å². The highest BCUT2D eigenvalue weighted by Gasteiger charge is 2.20. The van der Waals surface area contributed by atoms with Gasteiger partial charge in [-0.25, -0.2) is 4.57 Å². The summed E-state index contributed by atoms with van der Waals surface area (Å²) in [7, 11) is -2.73. The zero-order chi connectivity index (χ0) is 9.03. The Bertz CT molecular complexity index is 256. The number of allylic oxidation sites excluding steroid dienone is 3. The second-order valence-electron chi connectivity index (χ2n) is 2.33. The number of hydrogen-bond donors (Lipinski definition) is 1. The smallest absolute Gasteiger partial charge is 0.405 e. The molecule has 0 aromatic rings. The number of hydrogen-bond acceptors (Lipinski definition) is 3. The maximum Gasteiger partial charge on any atom is 0.527 e. The van der Waals surface area contributed by atoms with E-state index in [0.29, 0.717) is 5.76 Å². The largest absolute Gasteiger partial charge is 0.527 e. The molecular formula is C7H11O4P. The van der Waals surface area contributed by atoms with E-state index in [2.05, 4.69) is 4.52 Å². The fraction of sp³-hybridized carbons (Fsp3) is 0.429. The Morgan fingerprint density at radius 1 is 1.58 bits per heavy atom. The van der Waals surface area contributed by atoms with Gasteiger partial charge in [0, 0.05) is 7.11 Å². The van der Waals surface area contributed by atoms with Gasteiger partial charge in [-0.15, -0.1) is 0 Å². The molecule has 0 saturated heterocycles. The predicted octanol–water partition coefficient (Wildman–Crippen LogP) is 1.98. The summed E-state index contributed by atoms with van der Waals surface area (Å²) in [5.74, 6) is 0.397. The first-order valence-corrected chi connectivity index (χ1v) is 5.08. The van der Waals surface area contributed by atoms with Crippen molar-refractivity contribution in [1.29, 1.82) is 0 Å². The van der Waals surface area contributed by atoms with Crippen LogP contribution in [0.3, 0.4) is 0 Å². The molecule has 0 aromatic carbocycles. The zero-order valence-electron chi connectivity index (χ0n) is 6.77. The SMILES string of the molecule is COP(=O)(O)OC1=CCCC=C1. The van der Waals surface area contributed by atoms with Crippen molar-refractivity contribution < 1.29 is 18.5 Å². The van der Waals surface area contributed by atoms with Gasteiger partial charge in [0.2, 0.25) is 0 Å². The summed E-state index contributed by atoms with van der Waals surface area (Å²) in [5.41, 5.74) is 0. The van der Waals surface area contributed by atoms with Crippen LogP contribution in [0.4, 0.5) is 0 Å². The van der Waals surface area contributed by atoms with Crippen LogP contribution in [0.2, 0.25) is 0 Å². The summed E-state index contributed by atoms with van der Waals surface area (Å²) in [5, 5.41) is 0. The Hall–Kier alpha value is -0.570.